The van der Waals surface area contributed by atoms with Crippen LogP contribution in [0, 0.1) is 5.92 Å². The van der Waals surface area contributed by atoms with Crippen LogP contribution in [0.4, 0.5) is 0 Å². The number of rotatable bonds is 6. The summed E-state index contributed by atoms with van der Waals surface area (Å²) >= 11 is 0. The lowest BCUT2D eigenvalue weighted by atomic mass is 9.86. The molecule has 0 spiro atoms. The highest BCUT2D eigenvalue weighted by atomic mass is 32.2. The molecular formula is C13H20N2O3S. The van der Waals surface area contributed by atoms with E-state index in [0.717, 1.165) is 12.8 Å². The van der Waals surface area contributed by atoms with Crippen molar-refractivity contribution >= 4 is 10.0 Å². The number of methoxy groups -OCH3 is 1. The molecule has 1 aliphatic carbocycles. The SMILES string of the molecule is COc1ccc(S(=O)(=O)NCC2CCC2)cc1CN. The Morgan fingerprint density at radius 2 is 2.16 bits per heavy atom. The quantitative estimate of drug-likeness (QED) is 0.823. The van der Waals surface area contributed by atoms with Crippen LogP contribution in [0.3, 0.4) is 0 Å². The van der Waals surface area contributed by atoms with Crippen LogP contribution < -0.4 is 15.2 Å². The third kappa shape index (κ3) is 3.26. The molecular weight excluding hydrogens is 264 g/mol. The average Bonchev–Trinajstić information content (AvgIpc) is 2.35. The van der Waals surface area contributed by atoms with E-state index in [-0.39, 0.29) is 11.4 Å². The van der Waals surface area contributed by atoms with Gasteiger partial charge in [-0.25, -0.2) is 13.1 Å². The molecule has 106 valence electrons. The van der Waals surface area contributed by atoms with E-state index in [2.05, 4.69) is 4.72 Å². The van der Waals surface area contributed by atoms with Crippen molar-refractivity contribution in [3.8, 4) is 5.75 Å². The molecule has 5 nitrogen and oxygen atoms in total. The van der Waals surface area contributed by atoms with Crippen LogP contribution >= 0.6 is 0 Å². The molecule has 1 fully saturated rings. The van der Waals surface area contributed by atoms with E-state index in [9.17, 15) is 8.42 Å². The molecule has 19 heavy (non-hydrogen) atoms. The maximum Gasteiger partial charge on any atom is 0.240 e. The molecule has 1 aliphatic rings. The molecule has 0 heterocycles. The maximum atomic E-state index is 12.2. The molecule has 2 rings (SSSR count). The monoisotopic (exact) mass is 284 g/mol. The minimum absolute atomic E-state index is 0.244. The minimum Gasteiger partial charge on any atom is -0.496 e. The van der Waals surface area contributed by atoms with E-state index in [1.165, 1.54) is 13.5 Å². The second-order valence-corrected chi connectivity index (χ2v) is 6.59. The standard InChI is InChI=1S/C13H20N2O3S/c1-18-13-6-5-12(7-11(13)8-14)19(16,17)15-9-10-3-2-4-10/h5-7,10,15H,2-4,8-9,14H2,1H3. The zero-order valence-corrected chi connectivity index (χ0v) is 11.9. The van der Waals surface area contributed by atoms with Gasteiger partial charge in [-0.3, -0.25) is 0 Å². The molecule has 6 heteroatoms. The fourth-order valence-electron chi connectivity index (χ4n) is 2.09. The summed E-state index contributed by atoms with van der Waals surface area (Å²) in [5.74, 6) is 1.10. The summed E-state index contributed by atoms with van der Waals surface area (Å²) in [5, 5.41) is 0. The normalized spacial score (nSPS) is 16.1. The zero-order valence-electron chi connectivity index (χ0n) is 11.1. The Kier molecular flexibility index (Phi) is 4.44. The highest BCUT2D eigenvalue weighted by Crippen LogP contribution is 2.26. The second kappa shape index (κ2) is 5.90. The van der Waals surface area contributed by atoms with Crippen LogP contribution in [-0.2, 0) is 16.6 Å². The molecule has 1 saturated carbocycles. The largest absolute Gasteiger partial charge is 0.496 e. The summed E-state index contributed by atoms with van der Waals surface area (Å²) in [6.45, 7) is 0.765. The van der Waals surface area contributed by atoms with E-state index in [0.29, 0.717) is 23.8 Å². The van der Waals surface area contributed by atoms with Gasteiger partial charge >= 0.3 is 0 Å². The third-order valence-corrected chi connectivity index (χ3v) is 4.99. The molecule has 0 aliphatic heterocycles. The molecule has 1 aromatic carbocycles. The first-order valence-corrected chi connectivity index (χ1v) is 7.92. The second-order valence-electron chi connectivity index (χ2n) is 4.83. The average molecular weight is 284 g/mol. The number of benzene rings is 1. The third-order valence-electron chi connectivity index (χ3n) is 3.57. The van der Waals surface area contributed by atoms with Crippen molar-refractivity contribution in [2.75, 3.05) is 13.7 Å². The number of ether oxygens (including phenoxy) is 1. The molecule has 3 N–H and O–H groups in total. The Bertz CT molecular complexity index is 539. The minimum atomic E-state index is -3.45. The Morgan fingerprint density at radius 1 is 1.42 bits per heavy atom. The van der Waals surface area contributed by atoms with E-state index in [1.54, 1.807) is 18.2 Å². The summed E-state index contributed by atoms with van der Waals surface area (Å²) in [6, 6.07) is 4.75. The van der Waals surface area contributed by atoms with Gasteiger partial charge in [0, 0.05) is 18.7 Å². The number of hydrogen-bond donors (Lipinski definition) is 2. The summed E-state index contributed by atoms with van der Waals surface area (Å²) in [7, 11) is -1.91. The van der Waals surface area contributed by atoms with E-state index < -0.39 is 10.0 Å². The number of sulfonamides is 1. The lowest BCUT2D eigenvalue weighted by Crippen LogP contribution is -2.32. The molecule has 0 unspecified atom stereocenters. The lowest BCUT2D eigenvalue weighted by molar-refractivity contribution is 0.316. The van der Waals surface area contributed by atoms with Gasteiger partial charge in [0.2, 0.25) is 10.0 Å². The van der Waals surface area contributed by atoms with Crippen LogP contribution in [0.2, 0.25) is 0 Å². The Morgan fingerprint density at radius 3 is 2.68 bits per heavy atom. The van der Waals surface area contributed by atoms with E-state index in [4.69, 9.17) is 10.5 Å². The highest BCUT2D eigenvalue weighted by molar-refractivity contribution is 7.89. The molecule has 1 aromatic rings. The van der Waals surface area contributed by atoms with Crippen LogP contribution in [0.1, 0.15) is 24.8 Å². The van der Waals surface area contributed by atoms with Gasteiger partial charge in [0.25, 0.3) is 0 Å². The molecule has 0 radical (unpaired) electrons. The maximum absolute atomic E-state index is 12.2. The van der Waals surface area contributed by atoms with Gasteiger partial charge in [0.15, 0.2) is 0 Å². The summed E-state index contributed by atoms with van der Waals surface area (Å²) < 4.78 is 32.1. The summed E-state index contributed by atoms with van der Waals surface area (Å²) in [6.07, 6.45) is 3.42. The van der Waals surface area contributed by atoms with Crippen molar-refractivity contribution in [2.24, 2.45) is 11.7 Å². The van der Waals surface area contributed by atoms with Crippen molar-refractivity contribution in [3.63, 3.8) is 0 Å². The zero-order chi connectivity index (χ0) is 13.9. The first kappa shape index (κ1) is 14.3. The molecule has 0 amide bonds. The van der Waals surface area contributed by atoms with Gasteiger partial charge in [-0.2, -0.15) is 0 Å². The van der Waals surface area contributed by atoms with Crippen molar-refractivity contribution in [2.45, 2.75) is 30.7 Å². The lowest BCUT2D eigenvalue weighted by Gasteiger charge is -2.25. The summed E-state index contributed by atoms with van der Waals surface area (Å²) in [5.41, 5.74) is 6.28. The van der Waals surface area contributed by atoms with Gasteiger partial charge in [-0.15, -0.1) is 0 Å². The topological polar surface area (TPSA) is 81.4 Å². The first-order valence-electron chi connectivity index (χ1n) is 6.43. The fraction of sp³-hybridized carbons (Fsp3) is 0.538. The summed E-state index contributed by atoms with van der Waals surface area (Å²) in [4.78, 5) is 0.244. The van der Waals surface area contributed by atoms with Gasteiger partial charge in [0.1, 0.15) is 5.75 Å². The van der Waals surface area contributed by atoms with Gasteiger partial charge in [-0.1, -0.05) is 6.42 Å². The van der Waals surface area contributed by atoms with Crippen molar-refractivity contribution < 1.29 is 13.2 Å². The van der Waals surface area contributed by atoms with Gasteiger partial charge in [0.05, 0.1) is 12.0 Å². The van der Waals surface area contributed by atoms with Crippen LogP contribution in [0.5, 0.6) is 5.75 Å². The van der Waals surface area contributed by atoms with Crippen LogP contribution in [-0.4, -0.2) is 22.1 Å². The van der Waals surface area contributed by atoms with Crippen molar-refractivity contribution in [1.82, 2.24) is 4.72 Å². The van der Waals surface area contributed by atoms with Gasteiger partial charge < -0.3 is 10.5 Å². The van der Waals surface area contributed by atoms with E-state index in [1.807, 2.05) is 0 Å². The predicted octanol–water partition coefficient (Wildman–Crippen LogP) is 1.23. The smallest absolute Gasteiger partial charge is 0.240 e. The van der Waals surface area contributed by atoms with E-state index >= 15 is 0 Å². The molecule has 0 saturated heterocycles. The van der Waals surface area contributed by atoms with Crippen LogP contribution in [0.15, 0.2) is 23.1 Å². The van der Waals surface area contributed by atoms with Crippen molar-refractivity contribution in [1.29, 1.82) is 0 Å². The Balaban J connectivity index is 2.14. The predicted molar refractivity (Wildman–Crippen MR) is 73.4 cm³/mol. The number of nitrogens with one attached hydrogen (secondary N) is 1. The van der Waals surface area contributed by atoms with Gasteiger partial charge in [-0.05, 0) is 37.0 Å². The number of nitrogens with two attached hydrogens (primary N) is 1. The molecule has 0 bridgehead atoms. The number of hydrogen-bond acceptors (Lipinski definition) is 4. The molecule has 0 aromatic heterocycles. The highest BCUT2D eigenvalue weighted by Gasteiger charge is 2.21. The van der Waals surface area contributed by atoms with Crippen LogP contribution in [0.25, 0.3) is 0 Å². The fourth-order valence-corrected chi connectivity index (χ4v) is 3.26. The molecule has 0 atom stereocenters. The first-order chi connectivity index (χ1) is 9.06. The Hall–Kier alpha value is -1.11. The Labute approximate surface area is 114 Å². The van der Waals surface area contributed by atoms with Crippen molar-refractivity contribution in [3.05, 3.63) is 23.8 Å².